The van der Waals surface area contributed by atoms with Gasteiger partial charge in [0, 0.05) is 5.39 Å². The van der Waals surface area contributed by atoms with E-state index in [0.717, 1.165) is 0 Å². The van der Waals surface area contributed by atoms with E-state index in [1.807, 2.05) is 0 Å². The molecule has 0 aromatic heterocycles. The van der Waals surface area contributed by atoms with Crippen LogP contribution in [0.1, 0.15) is 11.1 Å². The molecule has 0 bridgehead atoms. The maximum atomic E-state index is 9.77. The third-order valence-corrected chi connectivity index (χ3v) is 3.15. The smallest absolute Gasteiger partial charge is 0.205 e. The lowest BCUT2D eigenvalue weighted by Gasteiger charge is -2.15. The van der Waals surface area contributed by atoms with Gasteiger partial charge in [-0.1, -0.05) is 0 Å². The van der Waals surface area contributed by atoms with Crippen LogP contribution in [0.5, 0.6) is 34.5 Å². The molecule has 0 amide bonds. The minimum Gasteiger partial charge on any atom is -0.504 e. The molecule has 6 heteroatoms. The van der Waals surface area contributed by atoms with Crippen LogP contribution >= 0.6 is 0 Å². The van der Waals surface area contributed by atoms with E-state index in [-0.39, 0.29) is 10.8 Å². The Morgan fingerprint density at radius 3 is 1.33 bits per heavy atom. The largest absolute Gasteiger partial charge is 0.504 e. The second-order valence-electron chi connectivity index (χ2n) is 4.09. The van der Waals surface area contributed by atoms with E-state index in [2.05, 4.69) is 0 Å². The minimum atomic E-state index is -0.960. The second-order valence-corrected chi connectivity index (χ2v) is 4.09. The molecule has 0 saturated carbocycles. The summed E-state index contributed by atoms with van der Waals surface area (Å²) >= 11 is 0. The standard InChI is InChI=1S/C12H12O6/c1-3-4(2)7(13)9(15)6-5(3)8(14)11(17)12(18)10(6)16/h13-18H,1-2H3. The summed E-state index contributed by atoms with van der Waals surface area (Å²) in [6.07, 6.45) is 0. The first-order chi connectivity index (χ1) is 8.29. The molecule has 0 radical (unpaired) electrons. The Morgan fingerprint density at radius 2 is 0.833 bits per heavy atom. The van der Waals surface area contributed by atoms with Crippen LogP contribution in [0.3, 0.4) is 0 Å². The second kappa shape index (κ2) is 3.49. The number of phenols is 6. The van der Waals surface area contributed by atoms with Crippen molar-refractivity contribution in [1.29, 1.82) is 0 Å². The van der Waals surface area contributed by atoms with Crippen LogP contribution in [0.2, 0.25) is 0 Å². The van der Waals surface area contributed by atoms with Gasteiger partial charge in [-0.3, -0.25) is 0 Å². The van der Waals surface area contributed by atoms with Gasteiger partial charge in [-0.25, -0.2) is 0 Å². The molecule has 2 aromatic rings. The van der Waals surface area contributed by atoms with Gasteiger partial charge in [0.15, 0.2) is 23.0 Å². The number of fused-ring (bicyclic) bond motifs is 1. The van der Waals surface area contributed by atoms with Crippen molar-refractivity contribution >= 4 is 10.8 Å². The Bertz CT molecular complexity index is 562. The van der Waals surface area contributed by atoms with Crippen molar-refractivity contribution in [2.24, 2.45) is 0 Å². The highest BCUT2D eigenvalue weighted by molar-refractivity contribution is 6.05. The first-order valence-corrected chi connectivity index (χ1v) is 5.09. The quantitative estimate of drug-likeness (QED) is 0.313. The molecule has 2 aromatic carbocycles. The lowest BCUT2D eigenvalue weighted by atomic mass is 9.96. The molecule has 18 heavy (non-hydrogen) atoms. The lowest BCUT2D eigenvalue weighted by Crippen LogP contribution is -1.89. The number of hydrogen-bond acceptors (Lipinski definition) is 6. The molecule has 0 aliphatic carbocycles. The molecule has 0 aliphatic heterocycles. The highest BCUT2D eigenvalue weighted by Gasteiger charge is 2.25. The Morgan fingerprint density at radius 1 is 0.444 bits per heavy atom. The fraction of sp³-hybridized carbons (Fsp3) is 0.167. The number of rotatable bonds is 0. The van der Waals surface area contributed by atoms with Gasteiger partial charge in [-0.05, 0) is 25.0 Å². The fourth-order valence-corrected chi connectivity index (χ4v) is 1.95. The fourth-order valence-electron chi connectivity index (χ4n) is 1.95. The van der Waals surface area contributed by atoms with E-state index in [1.165, 1.54) is 13.8 Å². The van der Waals surface area contributed by atoms with Gasteiger partial charge in [-0.15, -0.1) is 0 Å². The summed E-state index contributed by atoms with van der Waals surface area (Å²) in [4.78, 5) is 0. The minimum absolute atomic E-state index is 0.0319. The van der Waals surface area contributed by atoms with Crippen molar-refractivity contribution in [1.82, 2.24) is 0 Å². The number of aromatic hydroxyl groups is 6. The summed E-state index contributed by atoms with van der Waals surface area (Å²) in [6, 6.07) is 0. The third-order valence-electron chi connectivity index (χ3n) is 3.15. The number of hydrogen-bond donors (Lipinski definition) is 6. The number of phenolic OH excluding ortho intramolecular Hbond substituents is 6. The molecule has 0 fully saturated rings. The van der Waals surface area contributed by atoms with E-state index in [1.54, 1.807) is 0 Å². The zero-order valence-electron chi connectivity index (χ0n) is 9.68. The number of aryl methyl sites for hydroxylation is 1. The maximum absolute atomic E-state index is 9.77. The highest BCUT2D eigenvalue weighted by Crippen LogP contribution is 2.54. The van der Waals surface area contributed by atoms with Crippen molar-refractivity contribution in [3.63, 3.8) is 0 Å². The molecule has 6 N–H and O–H groups in total. The zero-order valence-corrected chi connectivity index (χ0v) is 9.68. The number of benzene rings is 2. The molecule has 0 heterocycles. The predicted octanol–water partition coefficient (Wildman–Crippen LogP) is 1.69. The summed E-state index contributed by atoms with van der Waals surface area (Å²) in [5.74, 6) is -4.45. The monoisotopic (exact) mass is 252 g/mol. The Labute approximate surface area is 102 Å². The molecular formula is C12H12O6. The van der Waals surface area contributed by atoms with Gasteiger partial charge in [-0.2, -0.15) is 0 Å². The summed E-state index contributed by atoms with van der Waals surface area (Å²) in [6.45, 7) is 3.04. The van der Waals surface area contributed by atoms with E-state index >= 15 is 0 Å². The molecule has 0 aliphatic rings. The van der Waals surface area contributed by atoms with Crippen LogP contribution < -0.4 is 0 Å². The zero-order chi connectivity index (χ0) is 13.8. The molecule has 2 rings (SSSR count). The van der Waals surface area contributed by atoms with Gasteiger partial charge in [0.1, 0.15) is 0 Å². The van der Waals surface area contributed by atoms with Crippen molar-refractivity contribution < 1.29 is 30.6 Å². The van der Waals surface area contributed by atoms with Crippen LogP contribution in [0.4, 0.5) is 0 Å². The molecule has 0 saturated heterocycles. The molecule has 96 valence electrons. The van der Waals surface area contributed by atoms with Crippen LogP contribution in [-0.4, -0.2) is 30.6 Å². The summed E-state index contributed by atoms with van der Waals surface area (Å²) in [5, 5.41) is 57.4. The maximum Gasteiger partial charge on any atom is 0.205 e. The SMILES string of the molecule is Cc1c(O)c(O)c2c(O)c(O)c(O)c(O)c2c1C. The average Bonchev–Trinajstić information content (AvgIpc) is 2.35. The van der Waals surface area contributed by atoms with Gasteiger partial charge < -0.3 is 30.6 Å². The van der Waals surface area contributed by atoms with Crippen molar-refractivity contribution in [3.05, 3.63) is 11.1 Å². The molecule has 0 atom stereocenters. The molecule has 6 nitrogen and oxygen atoms in total. The van der Waals surface area contributed by atoms with Crippen LogP contribution in [-0.2, 0) is 0 Å². The Kier molecular flexibility index (Phi) is 2.32. The molecule has 0 unspecified atom stereocenters. The molecular weight excluding hydrogens is 240 g/mol. The van der Waals surface area contributed by atoms with Gasteiger partial charge in [0.25, 0.3) is 0 Å². The van der Waals surface area contributed by atoms with Crippen LogP contribution in [0.25, 0.3) is 10.8 Å². The third kappa shape index (κ3) is 1.22. The predicted molar refractivity (Wildman–Crippen MR) is 63.4 cm³/mol. The van der Waals surface area contributed by atoms with Crippen molar-refractivity contribution in [2.75, 3.05) is 0 Å². The first-order valence-electron chi connectivity index (χ1n) is 5.09. The lowest BCUT2D eigenvalue weighted by molar-refractivity contribution is 0.348. The van der Waals surface area contributed by atoms with Crippen molar-refractivity contribution in [3.8, 4) is 34.5 Å². The topological polar surface area (TPSA) is 121 Å². The first kappa shape index (κ1) is 12.0. The Balaban J connectivity index is 3.22. The van der Waals surface area contributed by atoms with Gasteiger partial charge >= 0.3 is 0 Å². The van der Waals surface area contributed by atoms with E-state index in [9.17, 15) is 30.6 Å². The average molecular weight is 252 g/mol. The van der Waals surface area contributed by atoms with Gasteiger partial charge in [0.2, 0.25) is 11.5 Å². The molecule has 0 spiro atoms. The van der Waals surface area contributed by atoms with Crippen molar-refractivity contribution in [2.45, 2.75) is 13.8 Å². The summed E-state index contributed by atoms with van der Waals surface area (Å²) < 4.78 is 0. The normalized spacial score (nSPS) is 11.0. The van der Waals surface area contributed by atoms with E-state index in [0.29, 0.717) is 11.1 Å². The Hall–Kier alpha value is -2.50. The van der Waals surface area contributed by atoms with Crippen LogP contribution in [0, 0.1) is 13.8 Å². The summed E-state index contributed by atoms with van der Waals surface area (Å²) in [7, 11) is 0. The van der Waals surface area contributed by atoms with E-state index < -0.39 is 34.5 Å². The van der Waals surface area contributed by atoms with E-state index in [4.69, 9.17) is 0 Å². The van der Waals surface area contributed by atoms with Gasteiger partial charge in [0.05, 0.1) is 5.39 Å². The summed E-state index contributed by atoms with van der Waals surface area (Å²) in [5.41, 5.74) is 0.656. The highest BCUT2D eigenvalue weighted by atomic mass is 16.3. The van der Waals surface area contributed by atoms with Crippen LogP contribution in [0.15, 0.2) is 0 Å².